The van der Waals surface area contributed by atoms with E-state index in [1.54, 1.807) is 13.8 Å². The predicted octanol–water partition coefficient (Wildman–Crippen LogP) is 0.156. The van der Waals surface area contributed by atoms with E-state index in [0.29, 0.717) is 0 Å². The molecule has 0 spiro atoms. The van der Waals surface area contributed by atoms with Gasteiger partial charge in [0, 0.05) is 5.92 Å². The zero-order chi connectivity index (χ0) is 6.08. The minimum absolute atomic E-state index is 0.127. The quantitative estimate of drug-likeness (QED) is 0.384. The van der Waals surface area contributed by atoms with Crippen LogP contribution in [0.5, 0.6) is 0 Å². The van der Waals surface area contributed by atoms with Gasteiger partial charge in [-0.1, -0.05) is 23.1 Å². The lowest BCUT2D eigenvalue weighted by Gasteiger charge is -2.19. The van der Waals surface area contributed by atoms with Crippen LogP contribution in [0.25, 0.3) is 0 Å². The molecule has 0 radical (unpaired) electrons. The van der Waals surface area contributed by atoms with Crippen LogP contribution >= 0.6 is 9.24 Å². The fraction of sp³-hybridized carbons (Fsp3) is 1.00. The molecule has 0 aliphatic carbocycles. The van der Waals surface area contributed by atoms with E-state index >= 15 is 0 Å². The normalized spacial score (nSPS) is 12.9. The van der Waals surface area contributed by atoms with Gasteiger partial charge in [0.2, 0.25) is 0 Å². The van der Waals surface area contributed by atoms with Gasteiger partial charge in [0.05, 0.1) is 0 Å². The Hall–Kier alpha value is 0.350. The van der Waals surface area contributed by atoms with Gasteiger partial charge in [-0.15, -0.1) is 0 Å². The zero-order valence-electron chi connectivity index (χ0n) is 4.55. The molecule has 2 N–H and O–H groups in total. The summed E-state index contributed by atoms with van der Waals surface area (Å²) >= 11 is 0. The van der Waals surface area contributed by atoms with Crippen molar-refractivity contribution in [1.29, 1.82) is 0 Å². The Balaban J connectivity index is 3.54. The van der Waals surface area contributed by atoms with E-state index in [1.165, 1.54) is 0 Å². The van der Waals surface area contributed by atoms with Crippen molar-refractivity contribution < 1.29 is 10.2 Å². The molecule has 0 amide bonds. The van der Waals surface area contributed by atoms with Crippen LogP contribution in [0.15, 0.2) is 0 Å². The summed E-state index contributed by atoms with van der Waals surface area (Å²) in [4.78, 5) is 0. The molecule has 2 nitrogen and oxygen atoms in total. The first-order valence-corrected chi connectivity index (χ1v) is 2.76. The molecule has 3 heteroatoms. The van der Waals surface area contributed by atoms with Crippen molar-refractivity contribution in [2.24, 2.45) is 5.92 Å². The molecule has 0 bridgehead atoms. The second-order valence-corrected chi connectivity index (χ2v) is 2.79. The molecular weight excluding hydrogens is 111 g/mol. The van der Waals surface area contributed by atoms with Crippen LogP contribution in [0, 0.1) is 5.92 Å². The first kappa shape index (κ1) is 7.35. The third-order valence-corrected chi connectivity index (χ3v) is 1.52. The van der Waals surface area contributed by atoms with Crippen molar-refractivity contribution in [3.8, 4) is 0 Å². The summed E-state index contributed by atoms with van der Waals surface area (Å²) in [7, 11) is 1.94. The summed E-state index contributed by atoms with van der Waals surface area (Å²) in [6.45, 7) is 3.46. The monoisotopic (exact) mass is 122 g/mol. The van der Waals surface area contributed by atoms with Crippen molar-refractivity contribution in [2.45, 2.75) is 19.4 Å². The maximum atomic E-state index is 8.61. The standard InChI is InChI=1S/C4H11O2P/c1-3(2)4(5,6)7/h3,5-6H,7H2,1-2H3. The first-order valence-electron chi connectivity index (χ1n) is 2.18. The van der Waals surface area contributed by atoms with Crippen molar-refractivity contribution in [1.82, 2.24) is 0 Å². The number of hydrogen-bond acceptors (Lipinski definition) is 2. The highest BCUT2D eigenvalue weighted by Crippen LogP contribution is 2.19. The van der Waals surface area contributed by atoms with Gasteiger partial charge in [0.15, 0.2) is 5.53 Å². The summed E-state index contributed by atoms with van der Waals surface area (Å²) in [6.07, 6.45) is 0. The molecular formula is C4H11O2P. The average molecular weight is 122 g/mol. The summed E-state index contributed by atoms with van der Waals surface area (Å²) in [6, 6.07) is 0. The summed E-state index contributed by atoms with van der Waals surface area (Å²) in [5.74, 6) is -0.127. The Morgan fingerprint density at radius 2 is 1.57 bits per heavy atom. The average Bonchev–Trinajstić information content (AvgIpc) is 1.31. The third kappa shape index (κ3) is 2.98. The number of aliphatic hydroxyl groups is 2. The molecule has 1 unspecified atom stereocenters. The van der Waals surface area contributed by atoms with Gasteiger partial charge < -0.3 is 10.2 Å². The minimum Gasteiger partial charge on any atom is -0.362 e. The lowest BCUT2D eigenvalue weighted by Crippen LogP contribution is -2.25. The highest BCUT2D eigenvalue weighted by Gasteiger charge is 2.19. The number of hydrogen-bond donors (Lipinski definition) is 2. The SMILES string of the molecule is CC(C)C(O)(O)P. The van der Waals surface area contributed by atoms with E-state index in [2.05, 4.69) is 0 Å². The number of rotatable bonds is 1. The van der Waals surface area contributed by atoms with Gasteiger partial charge in [0.25, 0.3) is 0 Å². The fourth-order valence-electron chi connectivity index (χ4n) is 0. The van der Waals surface area contributed by atoms with E-state index in [9.17, 15) is 0 Å². The van der Waals surface area contributed by atoms with Crippen LogP contribution in [0.3, 0.4) is 0 Å². The van der Waals surface area contributed by atoms with Crippen LogP contribution in [-0.4, -0.2) is 15.7 Å². The third-order valence-electron chi connectivity index (χ3n) is 0.850. The highest BCUT2D eigenvalue weighted by molar-refractivity contribution is 7.18. The van der Waals surface area contributed by atoms with Gasteiger partial charge in [-0.2, -0.15) is 0 Å². The summed E-state index contributed by atoms with van der Waals surface area (Å²) in [5.41, 5.74) is -1.58. The van der Waals surface area contributed by atoms with Crippen molar-refractivity contribution in [3.63, 3.8) is 0 Å². The van der Waals surface area contributed by atoms with E-state index in [0.717, 1.165) is 0 Å². The molecule has 0 aliphatic rings. The topological polar surface area (TPSA) is 40.5 Å². The summed E-state index contributed by atoms with van der Waals surface area (Å²) < 4.78 is 0. The van der Waals surface area contributed by atoms with E-state index in [-0.39, 0.29) is 5.92 Å². The maximum Gasteiger partial charge on any atom is 0.177 e. The van der Waals surface area contributed by atoms with Crippen molar-refractivity contribution in [2.75, 3.05) is 0 Å². The van der Waals surface area contributed by atoms with Crippen molar-refractivity contribution >= 4 is 9.24 Å². The fourth-order valence-corrected chi connectivity index (χ4v) is 0. The Kier molecular flexibility index (Phi) is 2.18. The Morgan fingerprint density at radius 3 is 1.57 bits per heavy atom. The maximum absolute atomic E-state index is 8.61. The van der Waals surface area contributed by atoms with E-state index < -0.39 is 5.53 Å². The molecule has 0 aromatic rings. The highest BCUT2D eigenvalue weighted by atomic mass is 31.0. The minimum atomic E-state index is -1.58. The Labute approximate surface area is 45.8 Å². The van der Waals surface area contributed by atoms with Gasteiger partial charge >= 0.3 is 0 Å². The van der Waals surface area contributed by atoms with Gasteiger partial charge in [-0.3, -0.25) is 0 Å². The molecule has 0 heterocycles. The second-order valence-electron chi connectivity index (χ2n) is 1.94. The molecule has 0 fully saturated rings. The molecule has 0 saturated carbocycles. The Morgan fingerprint density at radius 1 is 1.43 bits per heavy atom. The smallest absolute Gasteiger partial charge is 0.177 e. The molecule has 1 atom stereocenters. The van der Waals surface area contributed by atoms with Crippen LogP contribution in [0.4, 0.5) is 0 Å². The molecule has 0 saturated heterocycles. The molecule has 7 heavy (non-hydrogen) atoms. The van der Waals surface area contributed by atoms with E-state index in [4.69, 9.17) is 10.2 Å². The van der Waals surface area contributed by atoms with Gasteiger partial charge in [-0.05, 0) is 0 Å². The molecule has 0 rings (SSSR count). The molecule has 0 aromatic heterocycles. The van der Waals surface area contributed by atoms with E-state index in [1.807, 2.05) is 9.24 Å². The van der Waals surface area contributed by atoms with Crippen LogP contribution in [0.1, 0.15) is 13.8 Å². The predicted molar refractivity (Wildman–Crippen MR) is 31.7 cm³/mol. The van der Waals surface area contributed by atoms with Crippen LogP contribution in [0.2, 0.25) is 0 Å². The first-order chi connectivity index (χ1) is 2.94. The lowest BCUT2D eigenvalue weighted by molar-refractivity contribution is -0.110. The van der Waals surface area contributed by atoms with Crippen molar-refractivity contribution in [3.05, 3.63) is 0 Å². The zero-order valence-corrected chi connectivity index (χ0v) is 5.70. The van der Waals surface area contributed by atoms with Crippen LogP contribution in [-0.2, 0) is 0 Å². The largest absolute Gasteiger partial charge is 0.362 e. The second kappa shape index (κ2) is 2.08. The van der Waals surface area contributed by atoms with Crippen LogP contribution < -0.4 is 0 Å². The lowest BCUT2D eigenvalue weighted by atomic mass is 10.2. The molecule has 0 aromatic carbocycles. The molecule has 0 aliphatic heterocycles. The Bertz CT molecular complexity index is 55.2. The molecule has 44 valence electrons. The summed E-state index contributed by atoms with van der Waals surface area (Å²) in [5, 5.41) is 17.2. The van der Waals surface area contributed by atoms with Gasteiger partial charge in [-0.25, -0.2) is 0 Å². The van der Waals surface area contributed by atoms with Gasteiger partial charge in [0.1, 0.15) is 0 Å².